The molecule has 2 N–H and O–H groups in total. The summed E-state index contributed by atoms with van der Waals surface area (Å²) in [6, 6.07) is 79.9. The van der Waals surface area contributed by atoms with E-state index < -0.39 is 5.41 Å². The van der Waals surface area contributed by atoms with E-state index in [9.17, 15) is 10.2 Å². The summed E-state index contributed by atoms with van der Waals surface area (Å²) in [4.78, 5) is 0. The molecule has 0 saturated heterocycles. The van der Waals surface area contributed by atoms with Gasteiger partial charge in [0.05, 0.1) is 18.6 Å². The van der Waals surface area contributed by atoms with Crippen LogP contribution < -0.4 is 9.47 Å². The van der Waals surface area contributed by atoms with Crippen LogP contribution in [-0.4, -0.2) is 36.6 Å². The van der Waals surface area contributed by atoms with Crippen molar-refractivity contribution in [2.75, 3.05) is 26.4 Å². The van der Waals surface area contributed by atoms with Crippen molar-refractivity contribution in [1.82, 2.24) is 0 Å². The zero-order valence-corrected chi connectivity index (χ0v) is 37.8. The Morgan fingerprint density at radius 3 is 1.13 bits per heavy atom. The molecule has 0 aliphatic heterocycles. The molecule has 0 fully saturated rings. The molecule has 0 aromatic heterocycles. The van der Waals surface area contributed by atoms with Crippen molar-refractivity contribution < 1.29 is 19.7 Å². The SMILES string of the molecule is OCCOc1cc2ccc(C3(c4ccc5cc(OCCO)c6ccccc6c5c4)c4cccc(-c5cccc6ccccc56)c4-c4c(-c5cccc6ccccc56)cccc43)cc2c2ccccc12. The van der Waals surface area contributed by atoms with Gasteiger partial charge in [0.1, 0.15) is 24.7 Å². The Morgan fingerprint density at radius 2 is 0.681 bits per heavy atom. The van der Waals surface area contributed by atoms with E-state index in [4.69, 9.17) is 9.47 Å². The summed E-state index contributed by atoms with van der Waals surface area (Å²) >= 11 is 0. The van der Waals surface area contributed by atoms with Crippen LogP contribution in [0.15, 0.2) is 218 Å². The highest BCUT2D eigenvalue weighted by molar-refractivity contribution is 6.14. The third-order valence-corrected chi connectivity index (χ3v) is 14.6. The van der Waals surface area contributed by atoms with Gasteiger partial charge in [0.2, 0.25) is 0 Å². The highest BCUT2D eigenvalue weighted by atomic mass is 16.5. The first-order chi connectivity index (χ1) is 34.1. The molecule has 4 heteroatoms. The number of hydrogen-bond acceptors (Lipinski definition) is 4. The lowest BCUT2D eigenvalue weighted by molar-refractivity contribution is 0.203. The molecule has 0 heterocycles. The van der Waals surface area contributed by atoms with Crippen LogP contribution in [0.3, 0.4) is 0 Å². The van der Waals surface area contributed by atoms with Crippen molar-refractivity contribution in [3.8, 4) is 44.9 Å². The van der Waals surface area contributed by atoms with E-state index in [1.807, 2.05) is 0 Å². The molecular formula is C65H46O4. The summed E-state index contributed by atoms with van der Waals surface area (Å²) in [5, 5.41) is 33.0. The van der Waals surface area contributed by atoms with Crippen LogP contribution in [0.1, 0.15) is 22.3 Å². The molecule has 0 saturated carbocycles. The first-order valence-electron chi connectivity index (χ1n) is 23.8. The van der Waals surface area contributed by atoms with Crippen molar-refractivity contribution in [2.24, 2.45) is 0 Å². The van der Waals surface area contributed by atoms with Crippen molar-refractivity contribution >= 4 is 64.6 Å². The van der Waals surface area contributed by atoms with Gasteiger partial charge in [-0.05, 0) is 134 Å². The number of rotatable bonds is 10. The maximum Gasteiger partial charge on any atom is 0.127 e. The lowest BCUT2D eigenvalue weighted by Crippen LogP contribution is -2.28. The number of aliphatic hydroxyl groups is 2. The summed E-state index contributed by atoms with van der Waals surface area (Å²) in [5.41, 5.74) is 11.1. The molecule has 4 nitrogen and oxygen atoms in total. The molecule has 0 spiro atoms. The van der Waals surface area contributed by atoms with Crippen LogP contribution in [0.5, 0.6) is 11.5 Å². The second-order valence-electron chi connectivity index (χ2n) is 18.1. The van der Waals surface area contributed by atoms with Gasteiger partial charge < -0.3 is 19.7 Å². The largest absolute Gasteiger partial charge is 0.491 e. The van der Waals surface area contributed by atoms with Crippen LogP contribution in [0.4, 0.5) is 0 Å². The molecule has 12 aromatic carbocycles. The summed E-state index contributed by atoms with van der Waals surface area (Å²) < 4.78 is 12.4. The van der Waals surface area contributed by atoms with Crippen molar-refractivity contribution in [2.45, 2.75) is 5.41 Å². The summed E-state index contributed by atoms with van der Waals surface area (Å²) in [6.07, 6.45) is 0. The minimum Gasteiger partial charge on any atom is -0.491 e. The van der Waals surface area contributed by atoms with E-state index in [-0.39, 0.29) is 26.4 Å². The lowest BCUT2D eigenvalue weighted by atomic mass is 9.66. The van der Waals surface area contributed by atoms with Crippen LogP contribution in [0, 0.1) is 0 Å². The number of benzene rings is 12. The molecule has 0 bridgehead atoms. The van der Waals surface area contributed by atoms with Gasteiger partial charge in [0.25, 0.3) is 0 Å². The first kappa shape index (κ1) is 41.0. The normalized spacial score (nSPS) is 12.8. The minimum absolute atomic E-state index is 0.0633. The molecule has 1 aliphatic carbocycles. The van der Waals surface area contributed by atoms with E-state index in [2.05, 4.69) is 218 Å². The predicted molar refractivity (Wildman–Crippen MR) is 285 cm³/mol. The van der Waals surface area contributed by atoms with Crippen molar-refractivity contribution in [3.63, 3.8) is 0 Å². The van der Waals surface area contributed by atoms with Crippen molar-refractivity contribution in [1.29, 1.82) is 0 Å². The fourth-order valence-electron chi connectivity index (χ4n) is 11.7. The molecule has 0 amide bonds. The van der Waals surface area contributed by atoms with Gasteiger partial charge >= 0.3 is 0 Å². The summed E-state index contributed by atoms with van der Waals surface area (Å²) in [5.74, 6) is 1.52. The highest BCUT2D eigenvalue weighted by Crippen LogP contribution is 2.62. The Hall–Kier alpha value is -8.28. The number of hydrogen-bond donors (Lipinski definition) is 2. The minimum atomic E-state index is -0.811. The maximum absolute atomic E-state index is 9.79. The van der Waals surface area contributed by atoms with E-state index in [1.165, 1.54) is 66.1 Å². The Balaban J connectivity index is 1.20. The number of fused-ring (bicyclic) bond motifs is 11. The molecular weight excluding hydrogens is 845 g/mol. The van der Waals surface area contributed by atoms with Gasteiger partial charge in [0, 0.05) is 10.8 Å². The van der Waals surface area contributed by atoms with Gasteiger partial charge in [-0.15, -0.1) is 0 Å². The van der Waals surface area contributed by atoms with E-state index in [0.717, 1.165) is 65.7 Å². The molecule has 330 valence electrons. The lowest BCUT2D eigenvalue weighted by Gasteiger charge is -2.35. The predicted octanol–water partition coefficient (Wildman–Crippen LogP) is 15.0. The Labute approximate surface area is 399 Å². The zero-order valence-electron chi connectivity index (χ0n) is 37.8. The summed E-state index contributed by atoms with van der Waals surface area (Å²) in [7, 11) is 0. The Kier molecular flexibility index (Phi) is 9.79. The molecule has 13 rings (SSSR count). The quantitative estimate of drug-likeness (QED) is 0.134. The third-order valence-electron chi connectivity index (χ3n) is 14.6. The third kappa shape index (κ3) is 6.30. The average molecular weight is 891 g/mol. The molecule has 69 heavy (non-hydrogen) atoms. The van der Waals surface area contributed by atoms with Gasteiger partial charge in [-0.3, -0.25) is 0 Å². The van der Waals surface area contributed by atoms with Crippen molar-refractivity contribution in [3.05, 3.63) is 241 Å². The van der Waals surface area contributed by atoms with Gasteiger partial charge in [-0.1, -0.05) is 194 Å². The smallest absolute Gasteiger partial charge is 0.127 e. The van der Waals surface area contributed by atoms with E-state index in [0.29, 0.717) is 0 Å². The Bertz CT molecular complexity index is 3750. The van der Waals surface area contributed by atoms with Crippen LogP contribution in [-0.2, 0) is 5.41 Å². The maximum atomic E-state index is 9.79. The average Bonchev–Trinajstić information content (AvgIpc) is 3.72. The van der Waals surface area contributed by atoms with Gasteiger partial charge in [-0.25, -0.2) is 0 Å². The van der Waals surface area contributed by atoms with E-state index in [1.54, 1.807) is 0 Å². The van der Waals surface area contributed by atoms with Crippen LogP contribution >= 0.6 is 0 Å². The number of aliphatic hydroxyl groups excluding tert-OH is 2. The molecule has 12 aromatic rings. The van der Waals surface area contributed by atoms with Crippen LogP contribution in [0.25, 0.3) is 98.0 Å². The summed E-state index contributed by atoms with van der Waals surface area (Å²) in [6.45, 7) is 0.306. The zero-order chi connectivity index (χ0) is 46.1. The molecule has 0 radical (unpaired) electrons. The molecule has 1 aliphatic rings. The van der Waals surface area contributed by atoms with Crippen LogP contribution in [0.2, 0.25) is 0 Å². The standard InChI is InChI=1S/C65H46O4/c66-33-35-68-61-37-43-29-31-45(39-57(43)51-19-5-7-21-53(51)61)65(46-32-30-44-38-62(69-36-34-67)54-22-8-6-20-52(54)58(44)40-46)59-27-11-25-55(49-23-9-15-41-13-1-3-17-47(41)49)63(59)64-56(26-12-28-60(64)65)50-24-10-16-42-14-2-4-18-48(42)50/h1-32,37-40,66-67H,33-36H2. The van der Waals surface area contributed by atoms with Gasteiger partial charge in [-0.2, -0.15) is 0 Å². The van der Waals surface area contributed by atoms with E-state index >= 15 is 0 Å². The fraction of sp³-hybridized carbons (Fsp3) is 0.0769. The monoisotopic (exact) mass is 890 g/mol. The first-order valence-corrected chi connectivity index (χ1v) is 23.8. The topological polar surface area (TPSA) is 58.9 Å². The number of ether oxygens (including phenoxy) is 2. The molecule has 0 atom stereocenters. The Morgan fingerprint density at radius 1 is 0.304 bits per heavy atom. The highest BCUT2D eigenvalue weighted by Gasteiger charge is 2.48. The second-order valence-corrected chi connectivity index (χ2v) is 18.1. The molecule has 0 unspecified atom stereocenters. The van der Waals surface area contributed by atoms with Gasteiger partial charge in [0.15, 0.2) is 0 Å². The fourth-order valence-corrected chi connectivity index (χ4v) is 11.7. The second kappa shape index (κ2) is 16.5.